The number of hydrogen-bond acceptors (Lipinski definition) is 7. The van der Waals surface area contributed by atoms with Crippen molar-refractivity contribution in [3.63, 3.8) is 0 Å². The molecule has 31 heavy (non-hydrogen) atoms. The van der Waals surface area contributed by atoms with Crippen molar-refractivity contribution in [3.8, 4) is 0 Å². The molecule has 2 aromatic carbocycles. The molecule has 1 saturated heterocycles. The second-order valence-electron chi connectivity index (χ2n) is 7.30. The Morgan fingerprint density at radius 2 is 1.97 bits per heavy atom. The molecule has 0 saturated carbocycles. The summed E-state index contributed by atoms with van der Waals surface area (Å²) in [4.78, 5) is 25.2. The number of hydrogen-bond donors (Lipinski definition) is 4. The monoisotopic (exact) mass is 420 g/mol. The lowest BCUT2D eigenvalue weighted by atomic mass is 10.1. The first-order valence-electron chi connectivity index (χ1n) is 9.81. The minimum atomic E-state index is -0.778. The van der Waals surface area contributed by atoms with Gasteiger partial charge < -0.3 is 20.3 Å². The third kappa shape index (κ3) is 3.67. The van der Waals surface area contributed by atoms with Crippen LogP contribution in [0.4, 0.5) is 16.3 Å². The summed E-state index contributed by atoms with van der Waals surface area (Å²) in [5.74, 6) is 0.249. The molecule has 5 rings (SSSR count). The summed E-state index contributed by atoms with van der Waals surface area (Å²) in [6.45, 7) is -0.277. The second-order valence-corrected chi connectivity index (χ2v) is 7.30. The highest BCUT2D eigenvalue weighted by Crippen LogP contribution is 2.31. The number of nitrogens with zero attached hydrogens (tertiary/aromatic N) is 4. The van der Waals surface area contributed by atoms with Crippen LogP contribution in [0.1, 0.15) is 12.6 Å². The van der Waals surface area contributed by atoms with Gasteiger partial charge in [0.15, 0.2) is 17.0 Å². The topological polar surface area (TPSA) is 134 Å². The van der Waals surface area contributed by atoms with Crippen molar-refractivity contribution in [2.24, 2.45) is 0 Å². The van der Waals surface area contributed by atoms with Gasteiger partial charge in [0.25, 0.3) is 0 Å². The number of carbonyl (C=O) groups is 1. The summed E-state index contributed by atoms with van der Waals surface area (Å²) in [5, 5.41) is 26.9. The average Bonchev–Trinajstić information content (AvgIpc) is 3.37. The zero-order valence-corrected chi connectivity index (χ0v) is 16.3. The third-order valence-corrected chi connectivity index (χ3v) is 5.29. The fourth-order valence-electron chi connectivity index (χ4n) is 3.74. The standard InChI is InChI=1S/C21H20N6O4/c28-9-16-15(29)8-17(31-16)27-11-24-18-19(22-10-23-20(18)27)26-21(30)25-14-6-5-12-3-1-2-4-13(12)7-14/h1-7,10-11,15-17,28-29H,8-9H2,(H2,22,23,25,26,30)/t15-,16+,17+/m0/s1. The van der Waals surface area contributed by atoms with Gasteiger partial charge in [0.1, 0.15) is 18.7 Å². The Balaban J connectivity index is 1.35. The van der Waals surface area contributed by atoms with Gasteiger partial charge in [-0.05, 0) is 22.9 Å². The summed E-state index contributed by atoms with van der Waals surface area (Å²) in [7, 11) is 0. The zero-order valence-electron chi connectivity index (χ0n) is 16.3. The summed E-state index contributed by atoms with van der Waals surface area (Å²) < 4.78 is 7.33. The lowest BCUT2D eigenvalue weighted by Gasteiger charge is -2.13. The van der Waals surface area contributed by atoms with E-state index in [-0.39, 0.29) is 12.4 Å². The van der Waals surface area contributed by atoms with Gasteiger partial charge in [0.05, 0.1) is 19.0 Å². The second kappa shape index (κ2) is 7.91. The lowest BCUT2D eigenvalue weighted by molar-refractivity contribution is -0.0432. The molecule has 4 aromatic rings. The lowest BCUT2D eigenvalue weighted by Crippen LogP contribution is -2.24. The van der Waals surface area contributed by atoms with Gasteiger partial charge in [-0.3, -0.25) is 9.88 Å². The number of benzene rings is 2. The number of ether oxygens (including phenoxy) is 1. The van der Waals surface area contributed by atoms with E-state index in [4.69, 9.17) is 4.74 Å². The molecule has 1 fully saturated rings. The maximum atomic E-state index is 12.5. The zero-order chi connectivity index (χ0) is 21.4. The number of anilines is 2. The Labute approximate surface area is 176 Å². The Kier molecular flexibility index (Phi) is 4.94. The minimum absolute atomic E-state index is 0.249. The number of fused-ring (bicyclic) bond motifs is 2. The largest absolute Gasteiger partial charge is 0.394 e. The molecule has 1 aliphatic heterocycles. The van der Waals surface area contributed by atoms with Crippen LogP contribution in [0.2, 0.25) is 0 Å². The maximum absolute atomic E-state index is 12.5. The number of nitrogens with one attached hydrogen (secondary N) is 2. The Hall–Kier alpha value is -3.60. The van der Waals surface area contributed by atoms with Gasteiger partial charge in [-0.25, -0.2) is 19.7 Å². The fraction of sp³-hybridized carbons (Fsp3) is 0.238. The van der Waals surface area contributed by atoms with Crippen molar-refractivity contribution in [3.05, 3.63) is 55.1 Å². The van der Waals surface area contributed by atoms with E-state index in [9.17, 15) is 15.0 Å². The van der Waals surface area contributed by atoms with E-state index in [1.165, 1.54) is 12.7 Å². The molecule has 3 heterocycles. The molecule has 2 aromatic heterocycles. The summed E-state index contributed by atoms with van der Waals surface area (Å²) >= 11 is 0. The quantitative estimate of drug-likeness (QED) is 0.398. The van der Waals surface area contributed by atoms with E-state index in [2.05, 4.69) is 25.6 Å². The van der Waals surface area contributed by atoms with E-state index in [0.29, 0.717) is 23.3 Å². The van der Waals surface area contributed by atoms with E-state index < -0.39 is 24.5 Å². The van der Waals surface area contributed by atoms with E-state index in [1.807, 2.05) is 42.5 Å². The van der Waals surface area contributed by atoms with Crippen molar-refractivity contribution in [1.29, 1.82) is 0 Å². The Morgan fingerprint density at radius 1 is 1.13 bits per heavy atom. The predicted octanol–water partition coefficient (Wildman–Crippen LogP) is 2.26. The van der Waals surface area contributed by atoms with Crippen molar-refractivity contribution < 1.29 is 19.7 Å². The molecule has 10 heteroatoms. The van der Waals surface area contributed by atoms with Crippen LogP contribution in [0, 0.1) is 0 Å². The van der Waals surface area contributed by atoms with Crippen LogP contribution in [0.15, 0.2) is 55.1 Å². The summed E-state index contributed by atoms with van der Waals surface area (Å²) in [6, 6.07) is 13.1. The predicted molar refractivity (Wildman–Crippen MR) is 114 cm³/mol. The molecule has 0 spiro atoms. The molecule has 0 aliphatic carbocycles. The van der Waals surface area contributed by atoms with E-state index >= 15 is 0 Å². The summed E-state index contributed by atoms with van der Waals surface area (Å²) in [5.41, 5.74) is 1.49. The maximum Gasteiger partial charge on any atom is 0.324 e. The van der Waals surface area contributed by atoms with E-state index in [0.717, 1.165) is 10.8 Å². The Bertz CT molecular complexity index is 1260. The van der Waals surface area contributed by atoms with Gasteiger partial charge in [-0.1, -0.05) is 30.3 Å². The molecular formula is C21H20N6O4. The van der Waals surface area contributed by atoms with Gasteiger partial charge >= 0.3 is 6.03 Å². The number of aromatic nitrogens is 4. The van der Waals surface area contributed by atoms with Crippen LogP contribution in [0.3, 0.4) is 0 Å². The molecule has 10 nitrogen and oxygen atoms in total. The van der Waals surface area contributed by atoms with Crippen LogP contribution in [0.25, 0.3) is 21.9 Å². The third-order valence-electron chi connectivity index (χ3n) is 5.29. The number of urea groups is 1. The number of imidazole rings is 1. The van der Waals surface area contributed by atoms with E-state index in [1.54, 1.807) is 4.57 Å². The molecule has 2 amide bonds. The average molecular weight is 420 g/mol. The van der Waals surface area contributed by atoms with Crippen LogP contribution < -0.4 is 10.6 Å². The smallest absolute Gasteiger partial charge is 0.324 e. The van der Waals surface area contributed by atoms with Gasteiger partial charge in [-0.15, -0.1) is 0 Å². The highest BCUT2D eigenvalue weighted by molar-refractivity contribution is 6.03. The van der Waals surface area contributed by atoms with Crippen LogP contribution in [0.5, 0.6) is 0 Å². The van der Waals surface area contributed by atoms with Crippen molar-refractivity contribution in [1.82, 2.24) is 19.5 Å². The minimum Gasteiger partial charge on any atom is -0.394 e. The van der Waals surface area contributed by atoms with Gasteiger partial charge in [-0.2, -0.15) is 0 Å². The van der Waals surface area contributed by atoms with Crippen molar-refractivity contribution in [2.75, 3.05) is 17.2 Å². The first-order valence-corrected chi connectivity index (χ1v) is 9.81. The van der Waals surface area contributed by atoms with Crippen LogP contribution in [-0.4, -0.2) is 54.6 Å². The molecule has 0 unspecified atom stereocenters. The molecule has 1 aliphatic rings. The number of rotatable bonds is 4. The number of amides is 2. The van der Waals surface area contributed by atoms with Crippen molar-refractivity contribution in [2.45, 2.75) is 24.9 Å². The highest BCUT2D eigenvalue weighted by atomic mass is 16.5. The molecular weight excluding hydrogens is 400 g/mol. The first kappa shape index (κ1) is 19.4. The molecule has 0 radical (unpaired) electrons. The highest BCUT2D eigenvalue weighted by Gasteiger charge is 2.35. The van der Waals surface area contributed by atoms with Crippen LogP contribution >= 0.6 is 0 Å². The Morgan fingerprint density at radius 3 is 2.77 bits per heavy atom. The number of aliphatic hydroxyl groups is 2. The number of carbonyl (C=O) groups excluding carboxylic acids is 1. The van der Waals surface area contributed by atoms with Crippen LogP contribution in [-0.2, 0) is 4.74 Å². The van der Waals surface area contributed by atoms with Crippen molar-refractivity contribution >= 4 is 39.5 Å². The molecule has 3 atom stereocenters. The molecule has 0 bridgehead atoms. The van der Waals surface area contributed by atoms with Gasteiger partial charge in [0.2, 0.25) is 0 Å². The first-order chi connectivity index (χ1) is 15.1. The molecule has 158 valence electrons. The normalized spacial score (nSPS) is 20.9. The van der Waals surface area contributed by atoms with Gasteiger partial charge in [0, 0.05) is 12.1 Å². The summed E-state index contributed by atoms with van der Waals surface area (Å²) in [6.07, 6.45) is 1.18. The number of aliphatic hydroxyl groups excluding tert-OH is 2. The molecule has 4 N–H and O–H groups in total. The fourth-order valence-corrected chi connectivity index (χ4v) is 3.74. The SMILES string of the molecule is O=C(Nc1ccc2ccccc2c1)Nc1ncnc2c1ncn2[C@H]1C[C@H](O)[C@@H](CO)O1.